The van der Waals surface area contributed by atoms with Crippen LogP contribution in [0.2, 0.25) is 0 Å². The number of alkyl halides is 2. The minimum atomic E-state index is -2.13. The number of aliphatic hydroxyl groups is 3. The Morgan fingerprint density at radius 3 is 2.30 bits per heavy atom. The summed E-state index contributed by atoms with van der Waals surface area (Å²) in [7, 11) is 1.66. The first-order valence-corrected chi connectivity index (χ1v) is 30.1. The minimum absolute atomic E-state index is 0.0500. The topological polar surface area (TPSA) is 277 Å². The third kappa shape index (κ3) is 13.9. The molecule has 83 heavy (non-hydrogen) atoms. The maximum atomic E-state index is 17.9. The number of methoxy groups -OCH3 is 1. The van der Waals surface area contributed by atoms with Gasteiger partial charge in [0.25, 0.3) is 0 Å². The number of aliphatic hydroxyl groups excluding tert-OH is 3. The molecule has 2 aromatic carbocycles. The van der Waals surface area contributed by atoms with Gasteiger partial charge in [0, 0.05) is 53.6 Å². The van der Waals surface area contributed by atoms with Gasteiger partial charge >= 0.3 is 0 Å². The van der Waals surface area contributed by atoms with Gasteiger partial charge in [0.2, 0.25) is 29.5 Å². The number of rotatable bonds is 27. The lowest BCUT2D eigenvalue weighted by atomic mass is 9.44. The summed E-state index contributed by atoms with van der Waals surface area (Å²) in [4.78, 5) is 91.6. The third-order valence-electron chi connectivity index (χ3n) is 18.4. The Morgan fingerprint density at radius 2 is 1.60 bits per heavy atom. The number of hydrogen-bond donors (Lipinski definition) is 8. The van der Waals surface area contributed by atoms with Crippen LogP contribution in [-0.2, 0) is 65.5 Å². The van der Waals surface area contributed by atoms with Crippen molar-refractivity contribution in [3.63, 3.8) is 0 Å². The number of hydrogen-bond acceptors (Lipinski definition) is 14. The van der Waals surface area contributed by atoms with Crippen molar-refractivity contribution in [1.82, 2.24) is 21.3 Å². The van der Waals surface area contributed by atoms with Crippen molar-refractivity contribution < 1.29 is 72.2 Å². The lowest BCUT2D eigenvalue weighted by molar-refractivity contribution is -0.231. The lowest BCUT2D eigenvalue weighted by Gasteiger charge is -2.62. The van der Waals surface area contributed by atoms with Gasteiger partial charge < -0.3 is 60.9 Å². The van der Waals surface area contributed by atoms with Crippen molar-refractivity contribution >= 4 is 62.7 Å². The molecule has 5 aliphatic rings. The van der Waals surface area contributed by atoms with E-state index in [1.54, 1.807) is 44.4 Å². The van der Waals surface area contributed by atoms with Crippen LogP contribution < -0.4 is 26.6 Å². The Hall–Kier alpha value is -5.26. The molecule has 12 atom stereocenters. The Kier molecular flexibility index (Phi) is 20.9. The fourth-order valence-electron chi connectivity index (χ4n) is 13.3. The van der Waals surface area contributed by atoms with Crippen LogP contribution in [0, 0.1) is 22.7 Å². The van der Waals surface area contributed by atoms with Gasteiger partial charge in [-0.1, -0.05) is 70.9 Å². The standard InChI is InChI=1S/C62H85BrFN5O14/c1-36(67-55(79)47(68-52(76)33-63)15-10-11-25-65-51(75)21-22-58(5,6)81-26-24-57(3,4)80-9)53(77)66-37(2)54(78)69-46-19-16-39(29-41(46)34-70)27-38-13-12-14-40(28-38)56-82-50-31-45-44-18-17-42-30-43(72)20-23-59(42,7)61(44,64)48(73)32-60(45,8)62(50,83-56)49(74)35-71/h12-14,16,19-20,23,28-30,36-37,44-45,47-48,50,56,70-71,73H,10-11,15,17-18,21-22,24-27,31-35H2,1-9H3,(H,65,75)(H,66,77)(H,67,79)(H,68,76)(H,69,78)/t36-,37-,44-,45-,47-,48-,50+,56+,59-,60-,61-,62+/m0/s1. The van der Waals surface area contributed by atoms with Gasteiger partial charge in [0.05, 0.1) is 42.0 Å². The molecule has 0 bridgehead atoms. The third-order valence-corrected chi connectivity index (χ3v) is 18.9. The van der Waals surface area contributed by atoms with Crippen molar-refractivity contribution in [3.8, 4) is 0 Å². The van der Waals surface area contributed by atoms with Gasteiger partial charge in [-0.2, -0.15) is 0 Å². The van der Waals surface area contributed by atoms with E-state index in [4.69, 9.17) is 18.9 Å². The monoisotopic (exact) mass is 1220 g/mol. The van der Waals surface area contributed by atoms with Gasteiger partial charge in [-0.15, -0.1) is 0 Å². The summed E-state index contributed by atoms with van der Waals surface area (Å²) in [5.41, 5.74) is -3.41. The summed E-state index contributed by atoms with van der Waals surface area (Å²) >= 11 is 3.11. The first-order valence-electron chi connectivity index (χ1n) is 28.9. The number of ether oxygens (including phenoxy) is 4. The van der Waals surface area contributed by atoms with E-state index in [0.29, 0.717) is 80.5 Å². The number of carbonyl (C=O) groups is 7. The number of benzene rings is 2. The molecule has 1 saturated heterocycles. The second-order valence-electron chi connectivity index (χ2n) is 24.8. The fourth-order valence-corrected chi connectivity index (χ4v) is 13.5. The number of unbranched alkanes of at least 4 members (excludes halogenated alkanes) is 1. The van der Waals surface area contributed by atoms with E-state index in [1.807, 2.05) is 52.8 Å². The van der Waals surface area contributed by atoms with Gasteiger partial charge in [0.1, 0.15) is 24.7 Å². The predicted octanol–water partition coefficient (Wildman–Crippen LogP) is 5.97. The van der Waals surface area contributed by atoms with E-state index >= 15 is 4.39 Å². The number of Topliss-reactive ketones (excluding diaryl/α,β-unsaturated/α-hetero) is 1. The Morgan fingerprint density at radius 1 is 0.892 bits per heavy atom. The van der Waals surface area contributed by atoms with Gasteiger partial charge in [-0.3, -0.25) is 33.6 Å². The highest BCUT2D eigenvalue weighted by atomic mass is 79.9. The smallest absolute Gasteiger partial charge is 0.246 e. The van der Waals surface area contributed by atoms with Crippen LogP contribution in [-0.4, -0.2) is 141 Å². The molecule has 3 saturated carbocycles. The summed E-state index contributed by atoms with van der Waals surface area (Å²) < 4.78 is 42.7. The number of anilines is 1. The van der Waals surface area contributed by atoms with Crippen LogP contribution >= 0.6 is 15.9 Å². The Bertz CT molecular complexity index is 2830. The number of halogens is 2. The number of nitrogens with one attached hydrogen (secondary N) is 5. The van der Waals surface area contributed by atoms with Crippen molar-refractivity contribution in [2.45, 2.75) is 192 Å². The molecule has 4 fully saturated rings. The van der Waals surface area contributed by atoms with Crippen LogP contribution in [0.1, 0.15) is 148 Å². The van der Waals surface area contributed by atoms with Crippen LogP contribution in [0.4, 0.5) is 10.1 Å². The van der Waals surface area contributed by atoms with E-state index < -0.39 is 119 Å². The van der Waals surface area contributed by atoms with E-state index in [9.17, 15) is 48.9 Å². The maximum Gasteiger partial charge on any atom is 0.246 e. The number of ketones is 2. The average Bonchev–Trinajstić information content (AvgIpc) is 1.92. The molecule has 1 aliphatic heterocycles. The number of amides is 5. The molecule has 2 aromatic rings. The molecule has 0 aromatic heterocycles. The first-order chi connectivity index (χ1) is 39.1. The molecule has 4 aliphatic carbocycles. The minimum Gasteiger partial charge on any atom is -0.392 e. The van der Waals surface area contributed by atoms with Crippen molar-refractivity contribution in [2.75, 3.05) is 37.5 Å². The van der Waals surface area contributed by atoms with Gasteiger partial charge in [-0.05, 0) is 148 Å². The van der Waals surface area contributed by atoms with Crippen LogP contribution in [0.5, 0.6) is 0 Å². The quantitative estimate of drug-likeness (QED) is 0.0378. The normalized spacial score (nSPS) is 28.3. The molecular weight excluding hydrogens is 1140 g/mol. The Balaban J connectivity index is 0.900. The zero-order valence-electron chi connectivity index (χ0n) is 49.3. The molecule has 7 rings (SSSR count). The molecule has 21 heteroatoms. The summed E-state index contributed by atoms with van der Waals surface area (Å²) in [5.74, 6) is -4.37. The van der Waals surface area contributed by atoms with E-state index in [0.717, 1.165) is 11.1 Å². The molecule has 0 spiro atoms. The molecule has 19 nitrogen and oxygen atoms in total. The number of fused-ring (bicyclic) bond motifs is 7. The van der Waals surface area contributed by atoms with Crippen LogP contribution in [0.25, 0.3) is 0 Å². The molecule has 8 N–H and O–H groups in total. The lowest BCUT2D eigenvalue weighted by Crippen LogP contribution is -2.69. The summed E-state index contributed by atoms with van der Waals surface area (Å²) in [5, 5.41) is 46.4. The Labute approximate surface area is 494 Å². The van der Waals surface area contributed by atoms with Crippen molar-refractivity contribution in [1.29, 1.82) is 0 Å². The van der Waals surface area contributed by atoms with Crippen molar-refractivity contribution in [3.05, 3.63) is 88.5 Å². The average molecular weight is 1220 g/mol. The van der Waals surface area contributed by atoms with E-state index in [2.05, 4.69) is 42.5 Å². The zero-order chi connectivity index (χ0) is 60.9. The van der Waals surface area contributed by atoms with E-state index in [-0.39, 0.29) is 48.3 Å². The molecule has 456 valence electrons. The largest absolute Gasteiger partial charge is 0.392 e. The SMILES string of the molecule is COC(C)(C)CCOC(C)(C)CCC(=O)NCCCC[C@H](NC(=O)CBr)C(=O)N[C@@H](C)C(=O)N[C@@H](C)C(=O)Nc1ccc(Cc2cccc([C@@H]3O[C@@H]4C[C@H]5[C@@H]6CCC7=CC(=O)C=C[C@]7(C)[C@@]6(F)[C@@H](O)C[C@]5(C)[C@]4(C(=O)CO)O3)c2)cc1CO. The molecule has 5 amide bonds. The zero-order valence-corrected chi connectivity index (χ0v) is 50.9. The predicted molar refractivity (Wildman–Crippen MR) is 310 cm³/mol. The van der Waals surface area contributed by atoms with E-state index in [1.165, 1.54) is 26.0 Å². The molecule has 0 radical (unpaired) electrons. The highest BCUT2D eigenvalue weighted by Gasteiger charge is 2.79. The second kappa shape index (κ2) is 26.6. The summed E-state index contributed by atoms with van der Waals surface area (Å²) in [6.45, 7) is 13.9. The highest BCUT2D eigenvalue weighted by molar-refractivity contribution is 9.09. The number of carbonyl (C=O) groups excluding carboxylic acids is 7. The summed E-state index contributed by atoms with van der Waals surface area (Å²) in [6, 6.07) is 9.39. The first kappa shape index (κ1) is 65.3. The maximum absolute atomic E-state index is 17.9. The summed E-state index contributed by atoms with van der Waals surface area (Å²) in [6.07, 6.45) is 5.05. The molecular formula is C62H85BrFN5O14. The molecule has 1 heterocycles. The van der Waals surface area contributed by atoms with Crippen molar-refractivity contribution in [2.24, 2.45) is 22.7 Å². The van der Waals surface area contributed by atoms with Crippen LogP contribution in [0.3, 0.4) is 0 Å². The number of allylic oxidation sites excluding steroid dienone is 4. The molecule has 0 unspecified atom stereocenters. The highest BCUT2D eigenvalue weighted by Crippen LogP contribution is 2.72. The second-order valence-corrected chi connectivity index (χ2v) is 25.4. The van der Waals surface area contributed by atoms with Gasteiger partial charge in [0.15, 0.2) is 29.1 Å². The van der Waals surface area contributed by atoms with Gasteiger partial charge in [-0.25, -0.2) is 4.39 Å². The van der Waals surface area contributed by atoms with Crippen LogP contribution in [0.15, 0.2) is 66.3 Å². The fraction of sp³-hybridized carbons (Fsp3) is 0.629.